The van der Waals surface area contributed by atoms with Gasteiger partial charge < -0.3 is 5.32 Å². The Morgan fingerprint density at radius 1 is 1.06 bits per heavy atom. The summed E-state index contributed by atoms with van der Waals surface area (Å²) in [6, 6.07) is 13.6. The second-order valence-corrected chi connectivity index (χ2v) is 9.85. The van der Waals surface area contributed by atoms with Gasteiger partial charge in [0.25, 0.3) is 11.8 Å². The molecule has 2 heterocycles. The first kappa shape index (κ1) is 22.4. The van der Waals surface area contributed by atoms with Gasteiger partial charge in [-0.15, -0.1) is 11.3 Å². The smallest absolute Gasteiger partial charge is 0.262 e. The predicted molar refractivity (Wildman–Crippen MR) is 129 cm³/mol. The van der Waals surface area contributed by atoms with Gasteiger partial charge in [-0.3, -0.25) is 19.3 Å². The monoisotopic (exact) mass is 511 g/mol. The highest BCUT2D eigenvalue weighted by Crippen LogP contribution is 2.33. The Balaban J connectivity index is 1.62. The van der Waals surface area contributed by atoms with Gasteiger partial charge in [0.05, 0.1) is 16.8 Å². The van der Waals surface area contributed by atoms with E-state index in [9.17, 15) is 14.4 Å². The second kappa shape index (κ2) is 8.96. The highest BCUT2D eigenvalue weighted by Gasteiger charge is 2.44. The maximum Gasteiger partial charge on any atom is 0.262 e. The van der Waals surface area contributed by atoms with E-state index in [-0.39, 0.29) is 5.92 Å². The number of anilines is 1. The fourth-order valence-corrected chi connectivity index (χ4v) is 5.03. The number of aromatic nitrogens is 1. The number of nitrogens with one attached hydrogen (secondary N) is 1. The minimum Gasteiger partial charge on any atom is -0.300 e. The molecular weight excluding hydrogens is 490 g/mol. The molecule has 164 valence electrons. The lowest BCUT2D eigenvalue weighted by Crippen LogP contribution is -2.50. The fraction of sp³-hybridized carbons (Fsp3) is 0.250. The lowest BCUT2D eigenvalue weighted by atomic mass is 10.0. The first-order chi connectivity index (χ1) is 15.3. The fourth-order valence-electron chi connectivity index (χ4n) is 3.84. The summed E-state index contributed by atoms with van der Waals surface area (Å²) in [4.78, 5) is 45.9. The number of carbonyl (C=O) groups excluding carboxylic acids is 3. The van der Waals surface area contributed by atoms with E-state index in [0.29, 0.717) is 16.3 Å². The van der Waals surface area contributed by atoms with Crippen LogP contribution < -0.4 is 5.32 Å². The normalized spacial score (nSPS) is 14.1. The Morgan fingerprint density at radius 3 is 2.19 bits per heavy atom. The lowest BCUT2D eigenvalue weighted by Gasteiger charge is -2.27. The number of amides is 3. The number of benzene rings is 2. The van der Waals surface area contributed by atoms with Gasteiger partial charge in [-0.25, -0.2) is 4.98 Å². The lowest BCUT2D eigenvalue weighted by molar-refractivity contribution is -0.121. The number of carbonyl (C=O) groups is 3. The van der Waals surface area contributed by atoms with E-state index >= 15 is 0 Å². The third-order valence-electron chi connectivity index (χ3n) is 5.37. The molecule has 0 saturated heterocycles. The van der Waals surface area contributed by atoms with E-state index in [0.717, 1.165) is 31.9 Å². The molecule has 6 nitrogen and oxygen atoms in total. The van der Waals surface area contributed by atoms with Crippen molar-refractivity contribution in [2.45, 2.75) is 33.2 Å². The maximum atomic E-state index is 13.3. The molecule has 0 radical (unpaired) electrons. The molecule has 1 N–H and O–H groups in total. The van der Waals surface area contributed by atoms with Crippen LogP contribution in [0.3, 0.4) is 0 Å². The van der Waals surface area contributed by atoms with Crippen LogP contribution >= 0.6 is 27.3 Å². The molecule has 1 atom stereocenters. The molecule has 0 aliphatic carbocycles. The molecule has 32 heavy (non-hydrogen) atoms. The third kappa shape index (κ3) is 4.00. The van der Waals surface area contributed by atoms with E-state index < -0.39 is 23.8 Å². The molecule has 3 aromatic rings. The molecule has 2 aromatic carbocycles. The molecule has 1 aromatic heterocycles. The van der Waals surface area contributed by atoms with Crippen molar-refractivity contribution in [3.8, 4) is 11.3 Å². The minimum absolute atomic E-state index is 0.270. The average Bonchev–Trinajstić information content (AvgIpc) is 3.29. The number of fused-ring (bicyclic) bond motifs is 1. The predicted octanol–water partition coefficient (Wildman–Crippen LogP) is 5.39. The molecule has 0 bridgehead atoms. The Bertz CT molecular complexity index is 1170. The zero-order chi connectivity index (χ0) is 23.0. The Kier molecular flexibility index (Phi) is 6.26. The Labute approximate surface area is 198 Å². The Hall–Kier alpha value is -2.84. The number of nitrogens with zero attached hydrogens (tertiary/aromatic N) is 2. The van der Waals surface area contributed by atoms with Crippen LogP contribution in [0.25, 0.3) is 11.3 Å². The topological polar surface area (TPSA) is 79.4 Å². The van der Waals surface area contributed by atoms with Crippen LogP contribution in [0, 0.1) is 5.92 Å². The second-order valence-electron chi connectivity index (χ2n) is 7.86. The van der Waals surface area contributed by atoms with Crippen LogP contribution in [0.4, 0.5) is 5.13 Å². The van der Waals surface area contributed by atoms with Crippen molar-refractivity contribution in [1.29, 1.82) is 0 Å². The molecule has 1 unspecified atom stereocenters. The van der Waals surface area contributed by atoms with E-state index in [1.807, 2.05) is 45.0 Å². The maximum absolute atomic E-state index is 13.3. The summed E-state index contributed by atoms with van der Waals surface area (Å²) in [5, 5.41) is 3.31. The number of aryl methyl sites for hydroxylation is 1. The van der Waals surface area contributed by atoms with Crippen LogP contribution in [0.5, 0.6) is 0 Å². The third-order valence-corrected chi connectivity index (χ3v) is 7.01. The molecule has 0 saturated carbocycles. The zero-order valence-electron chi connectivity index (χ0n) is 17.9. The summed E-state index contributed by atoms with van der Waals surface area (Å²) in [7, 11) is 0. The first-order valence-electron chi connectivity index (χ1n) is 10.3. The highest BCUT2D eigenvalue weighted by molar-refractivity contribution is 9.10. The van der Waals surface area contributed by atoms with Crippen molar-refractivity contribution in [3.63, 3.8) is 0 Å². The SMILES string of the molecule is CCc1sc(NC(=O)C(C(C)C)N2C(=O)c3ccccc3C2=O)nc1-c1ccc(Br)cc1. The zero-order valence-corrected chi connectivity index (χ0v) is 20.3. The van der Waals surface area contributed by atoms with Crippen LogP contribution in [-0.4, -0.2) is 33.6 Å². The van der Waals surface area contributed by atoms with E-state index in [2.05, 4.69) is 26.2 Å². The standard InChI is InChI=1S/C24H22BrN3O3S/c1-4-18-19(14-9-11-15(25)12-10-14)26-24(32-18)27-21(29)20(13(2)3)28-22(30)16-7-5-6-8-17(16)23(28)31/h5-13,20H,4H2,1-3H3,(H,26,27,29). The van der Waals surface area contributed by atoms with Crippen molar-refractivity contribution in [3.05, 3.63) is 69.0 Å². The summed E-state index contributed by atoms with van der Waals surface area (Å²) < 4.78 is 0.976. The largest absolute Gasteiger partial charge is 0.300 e. The van der Waals surface area contributed by atoms with Gasteiger partial charge in [0.1, 0.15) is 6.04 Å². The van der Waals surface area contributed by atoms with Crippen molar-refractivity contribution in [1.82, 2.24) is 9.88 Å². The number of imide groups is 1. The van der Waals surface area contributed by atoms with Gasteiger partial charge in [-0.2, -0.15) is 0 Å². The van der Waals surface area contributed by atoms with Crippen LogP contribution in [0.2, 0.25) is 0 Å². The molecule has 8 heteroatoms. The number of hydrogen-bond acceptors (Lipinski definition) is 5. The molecule has 1 aliphatic heterocycles. The summed E-state index contributed by atoms with van der Waals surface area (Å²) in [6.07, 6.45) is 0.769. The first-order valence-corrected chi connectivity index (χ1v) is 12.0. The number of halogens is 1. The van der Waals surface area contributed by atoms with Gasteiger partial charge in [0.15, 0.2) is 5.13 Å². The van der Waals surface area contributed by atoms with Crippen molar-refractivity contribution >= 4 is 50.1 Å². The number of hydrogen-bond donors (Lipinski definition) is 1. The number of rotatable bonds is 6. The van der Waals surface area contributed by atoms with Crippen LogP contribution in [0.15, 0.2) is 53.0 Å². The molecule has 0 fully saturated rings. The minimum atomic E-state index is -0.937. The van der Waals surface area contributed by atoms with Crippen molar-refractivity contribution < 1.29 is 14.4 Å². The van der Waals surface area contributed by atoms with E-state index in [4.69, 9.17) is 0 Å². The molecule has 1 aliphatic rings. The van der Waals surface area contributed by atoms with Crippen LogP contribution in [0.1, 0.15) is 46.4 Å². The Morgan fingerprint density at radius 2 is 1.66 bits per heavy atom. The van der Waals surface area contributed by atoms with Gasteiger partial charge >= 0.3 is 0 Å². The summed E-state index contributed by atoms with van der Waals surface area (Å²) >= 11 is 4.84. The molecule has 3 amide bonds. The summed E-state index contributed by atoms with van der Waals surface area (Å²) in [5.74, 6) is -1.58. The van der Waals surface area contributed by atoms with Gasteiger partial charge in [-0.05, 0) is 36.6 Å². The van der Waals surface area contributed by atoms with Crippen LogP contribution in [-0.2, 0) is 11.2 Å². The summed E-state index contributed by atoms with van der Waals surface area (Å²) in [6.45, 7) is 5.68. The summed E-state index contributed by atoms with van der Waals surface area (Å²) in [5.41, 5.74) is 2.44. The molecule has 4 rings (SSSR count). The van der Waals surface area contributed by atoms with E-state index in [1.54, 1.807) is 24.3 Å². The number of thiazole rings is 1. The molecule has 0 spiro atoms. The van der Waals surface area contributed by atoms with E-state index in [1.165, 1.54) is 11.3 Å². The molecular formula is C24H22BrN3O3S. The van der Waals surface area contributed by atoms with Crippen molar-refractivity contribution in [2.75, 3.05) is 5.32 Å². The van der Waals surface area contributed by atoms with Gasteiger partial charge in [0, 0.05) is 14.9 Å². The van der Waals surface area contributed by atoms with Gasteiger partial charge in [0.2, 0.25) is 5.91 Å². The highest BCUT2D eigenvalue weighted by atomic mass is 79.9. The van der Waals surface area contributed by atoms with Crippen molar-refractivity contribution in [2.24, 2.45) is 5.92 Å². The average molecular weight is 512 g/mol. The quantitative estimate of drug-likeness (QED) is 0.449. The van der Waals surface area contributed by atoms with Gasteiger partial charge in [-0.1, -0.05) is 61.0 Å².